The third kappa shape index (κ3) is 4.75. The second kappa shape index (κ2) is 9.17. The molecule has 2 heterocycles. The van der Waals surface area contributed by atoms with E-state index >= 15 is 0 Å². The third-order valence-electron chi connectivity index (χ3n) is 6.01. The van der Waals surface area contributed by atoms with Crippen LogP contribution in [-0.4, -0.2) is 25.8 Å². The zero-order valence-corrected chi connectivity index (χ0v) is 22.0. The standard InChI is InChI=1S/C28H24N2O5S2/c1-19-4-12-24(13-5-19)36(31,32)30-18-27(26-16-21(3)17-29-28(26)30)22-8-10-23(11-9-22)35-37(33,34)25-14-6-20(2)7-15-25/h4-18H,1-3H3. The summed E-state index contributed by atoms with van der Waals surface area (Å²) in [5.41, 5.74) is 4.42. The molecule has 0 unspecified atom stereocenters. The Morgan fingerprint density at radius 1 is 0.703 bits per heavy atom. The molecule has 5 aromatic rings. The van der Waals surface area contributed by atoms with Crippen LogP contribution in [0.3, 0.4) is 0 Å². The largest absolute Gasteiger partial charge is 0.379 e. The number of aromatic nitrogens is 2. The SMILES string of the molecule is Cc1ccc(S(=O)(=O)Oc2ccc(-c3cn(S(=O)(=O)c4ccc(C)cc4)c4ncc(C)cc34)cc2)cc1. The summed E-state index contributed by atoms with van der Waals surface area (Å²) in [7, 11) is -7.89. The van der Waals surface area contributed by atoms with Gasteiger partial charge in [0.2, 0.25) is 0 Å². The van der Waals surface area contributed by atoms with Gasteiger partial charge in [0.05, 0.1) is 4.90 Å². The van der Waals surface area contributed by atoms with E-state index in [9.17, 15) is 16.8 Å². The van der Waals surface area contributed by atoms with E-state index in [-0.39, 0.29) is 15.5 Å². The van der Waals surface area contributed by atoms with Gasteiger partial charge in [-0.05, 0) is 74.4 Å². The Labute approximate surface area is 216 Å². The molecule has 0 aliphatic carbocycles. The molecule has 37 heavy (non-hydrogen) atoms. The molecule has 0 radical (unpaired) electrons. The highest BCUT2D eigenvalue weighted by molar-refractivity contribution is 7.90. The van der Waals surface area contributed by atoms with E-state index in [0.29, 0.717) is 22.2 Å². The smallest absolute Gasteiger partial charge is 0.339 e. The van der Waals surface area contributed by atoms with E-state index in [2.05, 4.69) is 4.98 Å². The summed E-state index contributed by atoms with van der Waals surface area (Å²) in [5.74, 6) is 0.148. The minimum atomic E-state index is -3.99. The molecular formula is C28H24N2O5S2. The summed E-state index contributed by atoms with van der Waals surface area (Å²) in [5, 5.41) is 0.664. The van der Waals surface area contributed by atoms with Gasteiger partial charge in [0, 0.05) is 23.3 Å². The Morgan fingerprint density at radius 2 is 1.27 bits per heavy atom. The first-order valence-corrected chi connectivity index (χ1v) is 14.3. The van der Waals surface area contributed by atoms with Crippen molar-refractivity contribution in [2.45, 2.75) is 30.6 Å². The van der Waals surface area contributed by atoms with Crippen LogP contribution in [0.15, 0.2) is 101 Å². The van der Waals surface area contributed by atoms with Gasteiger partial charge >= 0.3 is 10.1 Å². The van der Waals surface area contributed by atoms with Crippen LogP contribution >= 0.6 is 0 Å². The predicted octanol–water partition coefficient (Wildman–Crippen LogP) is 5.63. The fourth-order valence-electron chi connectivity index (χ4n) is 3.99. The second-order valence-corrected chi connectivity index (χ2v) is 12.3. The Bertz CT molecular complexity index is 1820. The molecule has 0 fully saturated rings. The van der Waals surface area contributed by atoms with Gasteiger partial charge in [-0.15, -0.1) is 0 Å². The van der Waals surface area contributed by atoms with Crippen molar-refractivity contribution < 1.29 is 21.0 Å². The zero-order chi connectivity index (χ0) is 26.4. The number of fused-ring (bicyclic) bond motifs is 1. The highest BCUT2D eigenvalue weighted by atomic mass is 32.2. The lowest BCUT2D eigenvalue weighted by Gasteiger charge is -2.08. The van der Waals surface area contributed by atoms with Gasteiger partial charge in [-0.3, -0.25) is 0 Å². The van der Waals surface area contributed by atoms with Gasteiger partial charge < -0.3 is 4.18 Å². The van der Waals surface area contributed by atoms with Crippen molar-refractivity contribution in [2.75, 3.05) is 0 Å². The van der Waals surface area contributed by atoms with Crippen LogP contribution in [-0.2, 0) is 20.1 Å². The molecule has 0 N–H and O–H groups in total. The highest BCUT2D eigenvalue weighted by Gasteiger charge is 2.23. The predicted molar refractivity (Wildman–Crippen MR) is 143 cm³/mol. The average Bonchev–Trinajstić information content (AvgIpc) is 3.24. The molecule has 0 atom stereocenters. The average molecular weight is 533 g/mol. The summed E-state index contributed by atoms with van der Waals surface area (Å²) in [6, 6.07) is 21.4. The molecule has 0 spiro atoms. The van der Waals surface area contributed by atoms with Crippen molar-refractivity contribution in [1.82, 2.24) is 8.96 Å². The molecule has 0 aliphatic rings. The number of benzene rings is 3. The lowest BCUT2D eigenvalue weighted by molar-refractivity contribution is 0.486. The molecule has 188 valence electrons. The number of nitrogens with zero attached hydrogens (tertiary/aromatic N) is 2. The lowest BCUT2D eigenvalue weighted by Crippen LogP contribution is -2.12. The van der Waals surface area contributed by atoms with Crippen LogP contribution < -0.4 is 4.18 Å². The Balaban J connectivity index is 1.54. The van der Waals surface area contributed by atoms with Crippen LogP contribution in [0.1, 0.15) is 16.7 Å². The van der Waals surface area contributed by atoms with Gasteiger partial charge in [0.15, 0.2) is 5.65 Å². The first-order valence-electron chi connectivity index (χ1n) is 11.5. The minimum Gasteiger partial charge on any atom is -0.379 e. The fraction of sp³-hybridized carbons (Fsp3) is 0.107. The molecule has 0 bridgehead atoms. The molecule has 7 nitrogen and oxygen atoms in total. The maximum atomic E-state index is 13.5. The molecular weight excluding hydrogens is 508 g/mol. The van der Waals surface area contributed by atoms with Gasteiger partial charge in [-0.1, -0.05) is 47.5 Å². The van der Waals surface area contributed by atoms with E-state index in [4.69, 9.17) is 4.18 Å². The van der Waals surface area contributed by atoms with Crippen LogP contribution in [0.4, 0.5) is 0 Å². The number of pyridine rings is 1. The van der Waals surface area contributed by atoms with E-state index in [0.717, 1.165) is 16.7 Å². The molecule has 0 aliphatic heterocycles. The van der Waals surface area contributed by atoms with Gasteiger partial charge in [-0.2, -0.15) is 8.42 Å². The molecule has 3 aromatic carbocycles. The third-order valence-corrected chi connectivity index (χ3v) is 8.93. The summed E-state index contributed by atoms with van der Waals surface area (Å²) in [6.45, 7) is 5.65. The van der Waals surface area contributed by atoms with Crippen molar-refractivity contribution in [2.24, 2.45) is 0 Å². The Kier molecular flexibility index (Phi) is 6.13. The zero-order valence-electron chi connectivity index (χ0n) is 20.4. The molecule has 0 saturated carbocycles. The number of hydrogen-bond donors (Lipinski definition) is 0. The number of hydrogen-bond acceptors (Lipinski definition) is 6. The van der Waals surface area contributed by atoms with Gasteiger partial charge in [0.1, 0.15) is 10.6 Å². The Morgan fingerprint density at radius 3 is 1.86 bits per heavy atom. The number of aryl methyl sites for hydroxylation is 3. The molecule has 0 saturated heterocycles. The fourth-order valence-corrected chi connectivity index (χ4v) is 6.25. The summed E-state index contributed by atoms with van der Waals surface area (Å²) >= 11 is 0. The number of rotatable bonds is 6. The van der Waals surface area contributed by atoms with Gasteiger partial charge in [-0.25, -0.2) is 17.4 Å². The normalized spacial score (nSPS) is 12.1. The van der Waals surface area contributed by atoms with Crippen molar-refractivity contribution in [1.29, 1.82) is 0 Å². The summed E-state index contributed by atoms with van der Waals surface area (Å²) < 4.78 is 58.8. The van der Waals surface area contributed by atoms with Crippen molar-refractivity contribution in [3.8, 4) is 16.9 Å². The first-order chi connectivity index (χ1) is 17.5. The van der Waals surface area contributed by atoms with E-state index < -0.39 is 20.1 Å². The van der Waals surface area contributed by atoms with E-state index in [1.165, 1.54) is 16.1 Å². The molecule has 2 aromatic heterocycles. The highest BCUT2D eigenvalue weighted by Crippen LogP contribution is 2.34. The maximum absolute atomic E-state index is 13.5. The molecule has 5 rings (SSSR count). The topological polar surface area (TPSA) is 95.3 Å². The lowest BCUT2D eigenvalue weighted by atomic mass is 10.1. The summed E-state index contributed by atoms with van der Waals surface area (Å²) in [6.07, 6.45) is 3.17. The van der Waals surface area contributed by atoms with E-state index in [1.54, 1.807) is 73.1 Å². The van der Waals surface area contributed by atoms with Crippen LogP contribution in [0, 0.1) is 20.8 Å². The van der Waals surface area contributed by atoms with Crippen molar-refractivity contribution >= 4 is 31.2 Å². The van der Waals surface area contributed by atoms with Crippen LogP contribution in [0.2, 0.25) is 0 Å². The van der Waals surface area contributed by atoms with E-state index in [1.807, 2.05) is 26.8 Å². The first kappa shape index (κ1) is 24.7. The summed E-state index contributed by atoms with van der Waals surface area (Å²) in [4.78, 5) is 4.65. The Hall–Kier alpha value is -3.95. The van der Waals surface area contributed by atoms with Crippen LogP contribution in [0.5, 0.6) is 5.75 Å². The van der Waals surface area contributed by atoms with Crippen molar-refractivity contribution in [3.05, 3.63) is 108 Å². The van der Waals surface area contributed by atoms with Crippen molar-refractivity contribution in [3.63, 3.8) is 0 Å². The maximum Gasteiger partial charge on any atom is 0.339 e. The second-order valence-electron chi connectivity index (χ2n) is 8.92. The molecule has 9 heteroatoms. The minimum absolute atomic E-state index is 0.0631. The quantitative estimate of drug-likeness (QED) is 0.263. The molecule has 0 amide bonds. The van der Waals surface area contributed by atoms with Gasteiger partial charge in [0.25, 0.3) is 10.0 Å². The van der Waals surface area contributed by atoms with Crippen LogP contribution in [0.25, 0.3) is 22.2 Å². The monoisotopic (exact) mass is 532 g/mol.